The lowest BCUT2D eigenvalue weighted by Gasteiger charge is -2.21. The topological polar surface area (TPSA) is 38.1 Å². The van der Waals surface area contributed by atoms with E-state index in [0.717, 1.165) is 24.2 Å². The van der Waals surface area contributed by atoms with E-state index in [1.807, 2.05) is 25.6 Å². The quantitative estimate of drug-likeness (QED) is 0.784. The van der Waals surface area contributed by atoms with Crippen molar-refractivity contribution in [2.75, 3.05) is 7.05 Å². The van der Waals surface area contributed by atoms with Crippen molar-refractivity contribution in [1.29, 1.82) is 0 Å². The molecule has 17 heavy (non-hydrogen) atoms. The van der Waals surface area contributed by atoms with E-state index in [4.69, 9.17) is 0 Å². The second-order valence-electron chi connectivity index (χ2n) is 4.59. The van der Waals surface area contributed by atoms with Gasteiger partial charge in [0.15, 0.2) is 0 Å². The van der Waals surface area contributed by atoms with Gasteiger partial charge in [0.25, 0.3) is 0 Å². The van der Waals surface area contributed by atoms with Gasteiger partial charge in [0, 0.05) is 18.8 Å². The summed E-state index contributed by atoms with van der Waals surface area (Å²) in [7, 11) is 1.84. The lowest BCUT2D eigenvalue weighted by Crippen LogP contribution is -2.36. The third kappa shape index (κ3) is 3.32. The second kappa shape index (κ2) is 5.84. The Hall–Kier alpha value is -1.32. The van der Waals surface area contributed by atoms with E-state index in [9.17, 15) is 4.79 Å². The first-order valence-electron chi connectivity index (χ1n) is 6.30. The van der Waals surface area contributed by atoms with Gasteiger partial charge in [-0.15, -0.1) is 0 Å². The van der Waals surface area contributed by atoms with Crippen molar-refractivity contribution in [2.45, 2.75) is 53.1 Å². The first kappa shape index (κ1) is 13.7. The van der Waals surface area contributed by atoms with Crippen LogP contribution in [0.3, 0.4) is 0 Å². The van der Waals surface area contributed by atoms with Gasteiger partial charge in [-0.3, -0.25) is 9.48 Å². The van der Waals surface area contributed by atoms with Crippen molar-refractivity contribution in [2.24, 2.45) is 0 Å². The molecule has 0 radical (unpaired) electrons. The highest BCUT2D eigenvalue weighted by Gasteiger charge is 2.15. The van der Waals surface area contributed by atoms with Crippen LogP contribution in [0.4, 0.5) is 0 Å². The fourth-order valence-corrected chi connectivity index (χ4v) is 1.64. The maximum absolute atomic E-state index is 12.0. The predicted octanol–water partition coefficient (Wildman–Crippen LogP) is 1.87. The third-order valence-corrected chi connectivity index (χ3v) is 3.09. The maximum atomic E-state index is 12.0. The van der Waals surface area contributed by atoms with Crippen LogP contribution >= 0.6 is 0 Å². The number of hydrogen-bond acceptors (Lipinski definition) is 2. The van der Waals surface area contributed by atoms with Crippen molar-refractivity contribution >= 4 is 5.91 Å². The largest absolute Gasteiger partial charge is 0.342 e. The molecule has 0 unspecified atom stereocenters. The lowest BCUT2D eigenvalue weighted by atomic mass is 10.2. The number of nitrogens with zero attached hydrogens (tertiary/aromatic N) is 3. The Labute approximate surface area is 104 Å². The highest BCUT2D eigenvalue weighted by molar-refractivity contribution is 5.75. The number of aryl methyl sites for hydroxylation is 2. The number of likely N-dealkylation sites (N-methyl/N-ethyl adjacent to an activating group) is 1. The summed E-state index contributed by atoms with van der Waals surface area (Å²) < 4.78 is 1.83. The average Bonchev–Trinajstić information content (AvgIpc) is 2.70. The molecule has 1 aromatic rings. The van der Waals surface area contributed by atoms with E-state index in [-0.39, 0.29) is 11.9 Å². The molecule has 0 aliphatic heterocycles. The standard InChI is InChI=1S/C13H23N3O/c1-6-11-8-12(7-2)16(14-11)9-13(17)15(5)10(3)4/h8,10H,6-7,9H2,1-5H3. The zero-order valence-electron chi connectivity index (χ0n) is 11.5. The Balaban J connectivity index is 2.80. The summed E-state index contributed by atoms with van der Waals surface area (Å²) in [5.41, 5.74) is 2.19. The lowest BCUT2D eigenvalue weighted by molar-refractivity contribution is -0.132. The van der Waals surface area contributed by atoms with E-state index in [1.165, 1.54) is 0 Å². The summed E-state index contributed by atoms with van der Waals surface area (Å²) in [5.74, 6) is 0.112. The van der Waals surface area contributed by atoms with Gasteiger partial charge < -0.3 is 4.90 Å². The van der Waals surface area contributed by atoms with Crippen LogP contribution in [-0.2, 0) is 24.2 Å². The molecule has 4 heteroatoms. The van der Waals surface area contributed by atoms with Crippen LogP contribution in [0.1, 0.15) is 39.1 Å². The zero-order valence-corrected chi connectivity index (χ0v) is 11.5. The summed E-state index contributed by atoms with van der Waals surface area (Å²) in [6.07, 6.45) is 1.82. The van der Waals surface area contributed by atoms with E-state index < -0.39 is 0 Å². The van der Waals surface area contributed by atoms with E-state index >= 15 is 0 Å². The van der Waals surface area contributed by atoms with Crippen LogP contribution in [0, 0.1) is 0 Å². The van der Waals surface area contributed by atoms with Gasteiger partial charge >= 0.3 is 0 Å². The molecule has 1 heterocycles. The third-order valence-electron chi connectivity index (χ3n) is 3.09. The highest BCUT2D eigenvalue weighted by atomic mass is 16.2. The molecule has 0 aromatic carbocycles. The molecule has 1 aromatic heterocycles. The van der Waals surface area contributed by atoms with Crippen LogP contribution in [-0.4, -0.2) is 33.7 Å². The average molecular weight is 237 g/mol. The molecular formula is C13H23N3O. The van der Waals surface area contributed by atoms with Gasteiger partial charge in [0.2, 0.25) is 5.91 Å². The summed E-state index contributed by atoms with van der Waals surface area (Å²) in [4.78, 5) is 13.7. The minimum Gasteiger partial charge on any atom is -0.342 e. The van der Waals surface area contributed by atoms with Crippen molar-refractivity contribution < 1.29 is 4.79 Å². The first-order chi connectivity index (χ1) is 7.99. The Morgan fingerprint density at radius 3 is 2.53 bits per heavy atom. The number of carbonyl (C=O) groups excluding carboxylic acids is 1. The molecule has 4 nitrogen and oxygen atoms in total. The number of rotatable bonds is 5. The number of carbonyl (C=O) groups is 1. The fraction of sp³-hybridized carbons (Fsp3) is 0.692. The molecule has 96 valence electrons. The van der Waals surface area contributed by atoms with Gasteiger partial charge in [0.1, 0.15) is 6.54 Å². The van der Waals surface area contributed by atoms with Gasteiger partial charge in [-0.2, -0.15) is 5.10 Å². The molecule has 0 spiro atoms. The van der Waals surface area contributed by atoms with Gasteiger partial charge in [-0.05, 0) is 32.8 Å². The fourth-order valence-electron chi connectivity index (χ4n) is 1.64. The van der Waals surface area contributed by atoms with Crippen molar-refractivity contribution in [3.05, 3.63) is 17.5 Å². The molecule has 1 rings (SSSR count). The molecule has 0 bridgehead atoms. The van der Waals surface area contributed by atoms with E-state index in [0.29, 0.717) is 6.54 Å². The van der Waals surface area contributed by atoms with Crippen LogP contribution in [0.15, 0.2) is 6.07 Å². The molecule has 0 aliphatic carbocycles. The smallest absolute Gasteiger partial charge is 0.244 e. The normalized spacial score (nSPS) is 10.9. The van der Waals surface area contributed by atoms with Gasteiger partial charge in [-0.25, -0.2) is 0 Å². The molecule has 0 fully saturated rings. The van der Waals surface area contributed by atoms with E-state index in [1.54, 1.807) is 4.90 Å². The number of aromatic nitrogens is 2. The summed E-state index contributed by atoms with van der Waals surface area (Å²) in [5, 5.41) is 4.45. The number of amides is 1. The summed E-state index contributed by atoms with van der Waals surface area (Å²) in [6, 6.07) is 2.32. The Morgan fingerprint density at radius 1 is 1.41 bits per heavy atom. The predicted molar refractivity (Wildman–Crippen MR) is 68.9 cm³/mol. The minimum absolute atomic E-state index is 0.112. The SMILES string of the molecule is CCc1cc(CC)n(CC(=O)N(C)C(C)C)n1. The van der Waals surface area contributed by atoms with E-state index in [2.05, 4.69) is 25.0 Å². The molecule has 1 amide bonds. The van der Waals surface area contributed by atoms with Gasteiger partial charge in [-0.1, -0.05) is 13.8 Å². The molecule has 0 saturated heterocycles. The molecule has 0 saturated carbocycles. The Morgan fingerprint density at radius 2 is 2.06 bits per heavy atom. The molecular weight excluding hydrogens is 214 g/mol. The van der Waals surface area contributed by atoms with Gasteiger partial charge in [0.05, 0.1) is 5.69 Å². The van der Waals surface area contributed by atoms with Crippen molar-refractivity contribution in [1.82, 2.24) is 14.7 Å². The molecule has 0 aliphatic rings. The number of hydrogen-bond donors (Lipinski definition) is 0. The monoisotopic (exact) mass is 237 g/mol. The van der Waals surface area contributed by atoms with Crippen molar-refractivity contribution in [3.8, 4) is 0 Å². The maximum Gasteiger partial charge on any atom is 0.244 e. The molecule has 0 N–H and O–H groups in total. The van der Waals surface area contributed by atoms with Crippen LogP contribution in [0.5, 0.6) is 0 Å². The Kier molecular flexibility index (Phi) is 4.73. The van der Waals surface area contributed by atoms with Crippen LogP contribution in [0.2, 0.25) is 0 Å². The summed E-state index contributed by atoms with van der Waals surface area (Å²) >= 11 is 0. The minimum atomic E-state index is 0.112. The highest BCUT2D eigenvalue weighted by Crippen LogP contribution is 2.07. The van der Waals surface area contributed by atoms with Crippen LogP contribution in [0.25, 0.3) is 0 Å². The molecule has 0 atom stereocenters. The van der Waals surface area contributed by atoms with Crippen molar-refractivity contribution in [3.63, 3.8) is 0 Å². The Bertz CT molecular complexity index is 382. The summed E-state index contributed by atoms with van der Waals surface area (Å²) in [6.45, 7) is 8.54. The van der Waals surface area contributed by atoms with Crippen LogP contribution < -0.4 is 0 Å². The second-order valence-corrected chi connectivity index (χ2v) is 4.59. The first-order valence-corrected chi connectivity index (χ1v) is 6.30. The zero-order chi connectivity index (χ0) is 13.0.